The number of rotatable bonds is 5. The zero-order valence-corrected chi connectivity index (χ0v) is 13.5. The Balaban J connectivity index is 1.91. The van der Waals surface area contributed by atoms with Crippen molar-refractivity contribution in [1.82, 2.24) is 10.2 Å². The minimum absolute atomic E-state index is 0.545. The molecule has 20 heavy (non-hydrogen) atoms. The van der Waals surface area contributed by atoms with E-state index in [4.69, 9.17) is 0 Å². The normalized spacial score (nSPS) is 24.2. The molecule has 1 saturated heterocycles. The first kappa shape index (κ1) is 15.5. The molecule has 1 aromatic rings. The van der Waals surface area contributed by atoms with Crippen molar-refractivity contribution < 1.29 is 0 Å². The van der Waals surface area contributed by atoms with E-state index in [0.717, 1.165) is 24.9 Å². The summed E-state index contributed by atoms with van der Waals surface area (Å²) in [7, 11) is 0. The molecular weight excluding hydrogens is 244 g/mol. The van der Waals surface area contributed by atoms with Crippen LogP contribution < -0.4 is 5.32 Å². The Morgan fingerprint density at radius 3 is 2.65 bits per heavy atom. The summed E-state index contributed by atoms with van der Waals surface area (Å²) in [5.74, 6) is 1.71. The summed E-state index contributed by atoms with van der Waals surface area (Å²) in [5, 5.41) is 3.49. The van der Waals surface area contributed by atoms with Crippen molar-refractivity contribution in [1.29, 1.82) is 0 Å². The van der Waals surface area contributed by atoms with E-state index in [0.29, 0.717) is 6.04 Å². The molecule has 1 fully saturated rings. The Labute approximate surface area is 124 Å². The summed E-state index contributed by atoms with van der Waals surface area (Å²) in [6.07, 6.45) is 1.34. The molecule has 0 aliphatic carbocycles. The Morgan fingerprint density at radius 2 is 1.95 bits per heavy atom. The van der Waals surface area contributed by atoms with Crippen LogP contribution in [0.5, 0.6) is 0 Å². The molecule has 0 amide bonds. The Kier molecular flexibility index (Phi) is 5.62. The molecule has 0 saturated carbocycles. The van der Waals surface area contributed by atoms with Crippen LogP contribution in [-0.2, 0) is 13.1 Å². The minimum atomic E-state index is 0.545. The lowest BCUT2D eigenvalue weighted by Crippen LogP contribution is -2.37. The van der Waals surface area contributed by atoms with E-state index in [9.17, 15) is 0 Å². The highest BCUT2D eigenvalue weighted by atomic mass is 15.1. The highest BCUT2D eigenvalue weighted by Gasteiger charge is 2.22. The lowest BCUT2D eigenvalue weighted by molar-refractivity contribution is 0.132. The molecule has 0 spiro atoms. The zero-order valence-electron chi connectivity index (χ0n) is 13.5. The van der Waals surface area contributed by atoms with Crippen molar-refractivity contribution >= 4 is 0 Å². The number of hydrogen-bond acceptors (Lipinski definition) is 2. The summed E-state index contributed by atoms with van der Waals surface area (Å²) in [5.41, 5.74) is 2.85. The molecule has 2 atom stereocenters. The van der Waals surface area contributed by atoms with Crippen LogP contribution in [0.1, 0.15) is 45.2 Å². The number of piperidine rings is 1. The first-order chi connectivity index (χ1) is 9.54. The molecule has 1 aliphatic rings. The van der Waals surface area contributed by atoms with Gasteiger partial charge >= 0.3 is 0 Å². The van der Waals surface area contributed by atoms with Crippen molar-refractivity contribution in [3.63, 3.8) is 0 Å². The Bertz CT molecular complexity index is 414. The molecule has 2 heteroatoms. The standard InChI is InChI=1S/C18H30N2/c1-14(2)19-11-17-6-5-7-18(10-17)13-20-9-8-15(3)16(4)12-20/h5-7,10,14-16,19H,8-9,11-13H2,1-4H3. The Morgan fingerprint density at radius 1 is 1.20 bits per heavy atom. The highest BCUT2D eigenvalue weighted by Crippen LogP contribution is 2.23. The van der Waals surface area contributed by atoms with Gasteiger partial charge in [0.1, 0.15) is 0 Å². The maximum absolute atomic E-state index is 3.49. The highest BCUT2D eigenvalue weighted by molar-refractivity contribution is 5.23. The predicted octanol–water partition coefficient (Wildman–Crippen LogP) is 3.66. The van der Waals surface area contributed by atoms with Gasteiger partial charge in [-0.15, -0.1) is 0 Å². The fourth-order valence-electron chi connectivity index (χ4n) is 2.91. The third-order valence-electron chi connectivity index (χ3n) is 4.53. The van der Waals surface area contributed by atoms with E-state index in [2.05, 4.69) is 62.2 Å². The average molecular weight is 274 g/mol. The van der Waals surface area contributed by atoms with E-state index in [1.54, 1.807) is 0 Å². The van der Waals surface area contributed by atoms with E-state index in [-0.39, 0.29) is 0 Å². The van der Waals surface area contributed by atoms with Crippen LogP contribution in [0.2, 0.25) is 0 Å². The van der Waals surface area contributed by atoms with Gasteiger partial charge in [-0.25, -0.2) is 0 Å². The maximum Gasteiger partial charge on any atom is 0.0233 e. The molecule has 2 unspecified atom stereocenters. The van der Waals surface area contributed by atoms with Gasteiger partial charge in [-0.1, -0.05) is 52.0 Å². The molecule has 0 aromatic heterocycles. The van der Waals surface area contributed by atoms with Crippen molar-refractivity contribution in [2.45, 2.75) is 53.2 Å². The zero-order chi connectivity index (χ0) is 14.5. The second kappa shape index (κ2) is 7.24. The molecule has 1 aromatic carbocycles. The molecule has 0 radical (unpaired) electrons. The third kappa shape index (κ3) is 4.60. The fraction of sp³-hybridized carbons (Fsp3) is 0.667. The van der Waals surface area contributed by atoms with Gasteiger partial charge in [0.05, 0.1) is 0 Å². The van der Waals surface area contributed by atoms with Crippen LogP contribution in [-0.4, -0.2) is 24.0 Å². The topological polar surface area (TPSA) is 15.3 Å². The largest absolute Gasteiger partial charge is 0.310 e. The van der Waals surface area contributed by atoms with Gasteiger partial charge in [0, 0.05) is 25.7 Å². The second-order valence-corrected chi connectivity index (χ2v) is 6.83. The SMILES string of the molecule is CC(C)NCc1cccc(CN2CCC(C)C(C)C2)c1. The first-order valence-electron chi connectivity index (χ1n) is 8.08. The number of nitrogens with one attached hydrogen (secondary N) is 1. The van der Waals surface area contributed by atoms with E-state index >= 15 is 0 Å². The van der Waals surface area contributed by atoms with Crippen molar-refractivity contribution in [3.8, 4) is 0 Å². The second-order valence-electron chi connectivity index (χ2n) is 6.83. The van der Waals surface area contributed by atoms with Gasteiger partial charge in [-0.05, 0) is 35.9 Å². The molecular formula is C18H30N2. The molecule has 0 bridgehead atoms. The molecule has 1 aliphatic heterocycles. The van der Waals surface area contributed by atoms with Gasteiger partial charge in [0.25, 0.3) is 0 Å². The molecule has 1 N–H and O–H groups in total. The van der Waals surface area contributed by atoms with Crippen LogP contribution in [0, 0.1) is 11.8 Å². The van der Waals surface area contributed by atoms with Crippen LogP contribution in [0.4, 0.5) is 0 Å². The lowest BCUT2D eigenvalue weighted by atomic mass is 9.88. The average Bonchev–Trinajstić information content (AvgIpc) is 2.41. The predicted molar refractivity (Wildman–Crippen MR) is 86.6 cm³/mol. The minimum Gasteiger partial charge on any atom is -0.310 e. The van der Waals surface area contributed by atoms with Gasteiger partial charge in [0.15, 0.2) is 0 Å². The lowest BCUT2D eigenvalue weighted by Gasteiger charge is -2.35. The molecule has 112 valence electrons. The summed E-state index contributed by atoms with van der Waals surface area (Å²) in [6, 6.07) is 9.59. The van der Waals surface area contributed by atoms with Crippen molar-refractivity contribution in [2.24, 2.45) is 11.8 Å². The summed E-state index contributed by atoms with van der Waals surface area (Å²) in [4.78, 5) is 2.61. The van der Waals surface area contributed by atoms with Crippen LogP contribution in [0.15, 0.2) is 24.3 Å². The number of benzene rings is 1. The quantitative estimate of drug-likeness (QED) is 0.881. The third-order valence-corrected chi connectivity index (χ3v) is 4.53. The number of likely N-dealkylation sites (tertiary alicyclic amines) is 1. The van der Waals surface area contributed by atoms with Gasteiger partial charge in [-0.3, -0.25) is 4.90 Å². The van der Waals surface area contributed by atoms with Crippen LogP contribution in [0.25, 0.3) is 0 Å². The fourth-order valence-corrected chi connectivity index (χ4v) is 2.91. The van der Waals surface area contributed by atoms with E-state index in [1.807, 2.05) is 0 Å². The van der Waals surface area contributed by atoms with Crippen LogP contribution in [0.3, 0.4) is 0 Å². The smallest absolute Gasteiger partial charge is 0.0233 e. The van der Waals surface area contributed by atoms with E-state index < -0.39 is 0 Å². The maximum atomic E-state index is 3.49. The van der Waals surface area contributed by atoms with Gasteiger partial charge < -0.3 is 5.32 Å². The first-order valence-corrected chi connectivity index (χ1v) is 8.08. The van der Waals surface area contributed by atoms with E-state index in [1.165, 1.54) is 30.6 Å². The molecule has 1 heterocycles. The van der Waals surface area contributed by atoms with Crippen LogP contribution >= 0.6 is 0 Å². The van der Waals surface area contributed by atoms with Crippen molar-refractivity contribution in [3.05, 3.63) is 35.4 Å². The van der Waals surface area contributed by atoms with Crippen molar-refractivity contribution in [2.75, 3.05) is 13.1 Å². The monoisotopic (exact) mass is 274 g/mol. The summed E-state index contributed by atoms with van der Waals surface area (Å²) >= 11 is 0. The van der Waals surface area contributed by atoms with Gasteiger partial charge in [-0.2, -0.15) is 0 Å². The number of nitrogens with zero attached hydrogens (tertiary/aromatic N) is 1. The molecule has 2 rings (SSSR count). The Hall–Kier alpha value is -0.860. The molecule has 2 nitrogen and oxygen atoms in total. The summed E-state index contributed by atoms with van der Waals surface area (Å²) in [6.45, 7) is 13.7. The number of hydrogen-bond donors (Lipinski definition) is 1. The summed E-state index contributed by atoms with van der Waals surface area (Å²) < 4.78 is 0. The van der Waals surface area contributed by atoms with Gasteiger partial charge in [0.2, 0.25) is 0 Å².